The van der Waals surface area contributed by atoms with Gasteiger partial charge in [0.1, 0.15) is 29.1 Å². The molecule has 4 rings (SSSR count). The number of ether oxygens (including phenoxy) is 1. The summed E-state index contributed by atoms with van der Waals surface area (Å²) >= 11 is 1.25. The van der Waals surface area contributed by atoms with Crippen LogP contribution < -0.4 is 5.73 Å². The summed E-state index contributed by atoms with van der Waals surface area (Å²) < 4.78 is 34.7. The van der Waals surface area contributed by atoms with Crippen LogP contribution in [0.25, 0.3) is 10.9 Å². The predicted molar refractivity (Wildman–Crippen MR) is 127 cm³/mol. The van der Waals surface area contributed by atoms with Crippen LogP contribution in [-0.2, 0) is 17.7 Å². The monoisotopic (exact) mass is 482 g/mol. The highest BCUT2D eigenvalue weighted by molar-refractivity contribution is 7.99. The molecule has 0 bridgehead atoms. The van der Waals surface area contributed by atoms with Crippen LogP contribution in [0.1, 0.15) is 36.8 Å². The summed E-state index contributed by atoms with van der Waals surface area (Å²) in [4.78, 5) is 20.8. The van der Waals surface area contributed by atoms with Crippen LogP contribution in [0.15, 0.2) is 64.6 Å². The molecule has 34 heavy (non-hydrogen) atoms. The lowest BCUT2D eigenvalue weighted by molar-refractivity contribution is 0.157. The zero-order chi connectivity index (χ0) is 24.2. The van der Waals surface area contributed by atoms with Crippen molar-refractivity contribution >= 4 is 28.8 Å². The summed E-state index contributed by atoms with van der Waals surface area (Å²) in [6, 6.07) is 13.3. The molecule has 0 atom stereocenters. The summed E-state index contributed by atoms with van der Waals surface area (Å²) in [5.74, 6) is -0.563. The Bertz CT molecular complexity index is 1320. The second-order valence-corrected chi connectivity index (χ2v) is 9.18. The number of para-hydroxylation sites is 1. The smallest absolute Gasteiger partial charge is 0.404 e. The molecule has 9 heteroatoms. The van der Waals surface area contributed by atoms with E-state index in [1.165, 1.54) is 23.9 Å². The van der Waals surface area contributed by atoms with Gasteiger partial charge in [-0.25, -0.2) is 18.6 Å². The van der Waals surface area contributed by atoms with Crippen molar-refractivity contribution in [2.75, 3.05) is 6.61 Å². The SMILES string of the molecule is CC(C)c1nc(CCOC(N)=O)n(Cc2cnc3ccccc3c2)c1Sc1cc(F)cc(F)c1. The molecule has 0 aliphatic rings. The first kappa shape index (κ1) is 23.7. The number of carbonyl (C=O) groups is 1. The van der Waals surface area contributed by atoms with Gasteiger partial charge in [0.05, 0.1) is 17.8 Å². The minimum atomic E-state index is -0.856. The summed E-state index contributed by atoms with van der Waals surface area (Å²) in [6.45, 7) is 4.51. The van der Waals surface area contributed by atoms with E-state index in [2.05, 4.69) is 11.1 Å². The fourth-order valence-electron chi connectivity index (χ4n) is 3.67. The Kier molecular flexibility index (Phi) is 7.12. The van der Waals surface area contributed by atoms with Crippen LogP contribution in [0, 0.1) is 11.6 Å². The van der Waals surface area contributed by atoms with Crippen molar-refractivity contribution in [3.63, 3.8) is 0 Å². The molecule has 1 amide bonds. The lowest BCUT2D eigenvalue weighted by Crippen LogP contribution is -2.16. The standard InChI is InChI=1S/C25H24F2N4O2S/c1-15(2)23-24(34-20-11-18(26)10-19(27)12-20)31(22(30-23)7-8-33-25(28)32)14-16-9-17-5-3-4-6-21(17)29-13-16/h3-6,9-13,15H,7-8,14H2,1-2H3,(H2,28,32). The maximum Gasteiger partial charge on any atom is 0.404 e. The zero-order valence-electron chi connectivity index (χ0n) is 18.8. The molecule has 6 nitrogen and oxygen atoms in total. The minimum absolute atomic E-state index is 0.0488. The van der Waals surface area contributed by atoms with E-state index in [0.29, 0.717) is 23.7 Å². The number of rotatable bonds is 8. The van der Waals surface area contributed by atoms with Crippen molar-refractivity contribution in [1.82, 2.24) is 14.5 Å². The van der Waals surface area contributed by atoms with E-state index in [4.69, 9.17) is 15.5 Å². The fourth-order valence-corrected chi connectivity index (χ4v) is 4.90. The van der Waals surface area contributed by atoms with Gasteiger partial charge in [-0.3, -0.25) is 4.98 Å². The van der Waals surface area contributed by atoms with Crippen molar-refractivity contribution in [2.45, 2.75) is 42.7 Å². The largest absolute Gasteiger partial charge is 0.449 e. The van der Waals surface area contributed by atoms with Gasteiger partial charge in [0.2, 0.25) is 0 Å². The van der Waals surface area contributed by atoms with E-state index in [9.17, 15) is 13.6 Å². The number of carbonyl (C=O) groups excluding carboxylic acids is 1. The lowest BCUT2D eigenvalue weighted by atomic mass is 10.1. The van der Waals surface area contributed by atoms with Gasteiger partial charge in [0.25, 0.3) is 0 Å². The number of amides is 1. The van der Waals surface area contributed by atoms with Gasteiger partial charge in [0, 0.05) is 29.0 Å². The highest BCUT2D eigenvalue weighted by Gasteiger charge is 2.21. The molecule has 0 fully saturated rings. The quantitative estimate of drug-likeness (QED) is 0.350. The topological polar surface area (TPSA) is 83.0 Å². The van der Waals surface area contributed by atoms with Crippen molar-refractivity contribution < 1.29 is 18.3 Å². The molecule has 4 aromatic rings. The molecular weight excluding hydrogens is 458 g/mol. The predicted octanol–water partition coefficient (Wildman–Crippen LogP) is 5.67. The van der Waals surface area contributed by atoms with E-state index < -0.39 is 17.7 Å². The number of benzene rings is 2. The van der Waals surface area contributed by atoms with E-state index in [1.54, 1.807) is 6.20 Å². The van der Waals surface area contributed by atoms with Crippen molar-refractivity contribution in [3.05, 3.63) is 83.4 Å². The lowest BCUT2D eigenvalue weighted by Gasteiger charge is -2.14. The summed E-state index contributed by atoms with van der Waals surface area (Å²) in [5, 5.41) is 1.77. The van der Waals surface area contributed by atoms with Crippen LogP contribution in [0.2, 0.25) is 0 Å². The normalized spacial score (nSPS) is 11.3. The Morgan fingerprint density at radius 3 is 2.59 bits per heavy atom. The molecule has 0 aliphatic heterocycles. The van der Waals surface area contributed by atoms with Gasteiger partial charge in [-0.15, -0.1) is 0 Å². The molecular formula is C25H24F2N4O2S. The maximum absolute atomic E-state index is 13.9. The third-order valence-corrected chi connectivity index (χ3v) is 6.27. The Hall–Kier alpha value is -3.46. The van der Waals surface area contributed by atoms with Crippen molar-refractivity contribution in [3.8, 4) is 0 Å². The van der Waals surface area contributed by atoms with Crippen LogP contribution in [0.3, 0.4) is 0 Å². The number of pyridine rings is 1. The van der Waals surface area contributed by atoms with Gasteiger partial charge in [-0.1, -0.05) is 43.8 Å². The van der Waals surface area contributed by atoms with Crippen molar-refractivity contribution in [1.29, 1.82) is 0 Å². The van der Waals surface area contributed by atoms with Gasteiger partial charge in [0.15, 0.2) is 0 Å². The molecule has 0 saturated carbocycles. The van der Waals surface area contributed by atoms with Crippen LogP contribution in [-0.4, -0.2) is 27.2 Å². The van der Waals surface area contributed by atoms with Gasteiger partial charge >= 0.3 is 6.09 Å². The van der Waals surface area contributed by atoms with Crippen molar-refractivity contribution in [2.24, 2.45) is 5.73 Å². The Morgan fingerprint density at radius 1 is 1.15 bits per heavy atom. The average Bonchev–Trinajstić information content (AvgIpc) is 3.10. The molecule has 2 aromatic heterocycles. The highest BCUT2D eigenvalue weighted by atomic mass is 32.2. The van der Waals surface area contributed by atoms with Crippen LogP contribution >= 0.6 is 11.8 Å². The molecule has 0 spiro atoms. The Labute approximate surface area is 200 Å². The second kappa shape index (κ2) is 10.2. The van der Waals surface area contributed by atoms with E-state index in [-0.39, 0.29) is 12.5 Å². The molecule has 0 radical (unpaired) electrons. The summed E-state index contributed by atoms with van der Waals surface area (Å²) in [5.41, 5.74) is 7.73. The van der Waals surface area contributed by atoms with E-state index >= 15 is 0 Å². The summed E-state index contributed by atoms with van der Waals surface area (Å²) in [6.07, 6.45) is 1.28. The number of nitrogens with two attached hydrogens (primary N) is 1. The number of imidazole rings is 1. The fraction of sp³-hybridized carbons (Fsp3) is 0.240. The zero-order valence-corrected chi connectivity index (χ0v) is 19.6. The average molecular weight is 483 g/mol. The van der Waals surface area contributed by atoms with Gasteiger partial charge in [-0.2, -0.15) is 0 Å². The first-order valence-corrected chi connectivity index (χ1v) is 11.6. The molecule has 0 unspecified atom stereocenters. The number of hydrogen-bond donors (Lipinski definition) is 1. The first-order valence-electron chi connectivity index (χ1n) is 10.8. The Balaban J connectivity index is 1.77. The maximum atomic E-state index is 13.9. The van der Waals surface area contributed by atoms with Gasteiger partial charge in [-0.05, 0) is 35.7 Å². The van der Waals surface area contributed by atoms with Crippen LogP contribution in [0.4, 0.5) is 13.6 Å². The molecule has 0 saturated heterocycles. The number of primary amides is 1. The van der Waals surface area contributed by atoms with Crippen LogP contribution in [0.5, 0.6) is 0 Å². The minimum Gasteiger partial charge on any atom is -0.449 e. The molecule has 0 aliphatic carbocycles. The number of aromatic nitrogens is 3. The number of hydrogen-bond acceptors (Lipinski definition) is 5. The van der Waals surface area contributed by atoms with E-state index in [0.717, 1.165) is 33.3 Å². The number of halogens is 2. The third-order valence-electron chi connectivity index (χ3n) is 5.18. The second-order valence-electron chi connectivity index (χ2n) is 8.12. The third kappa shape index (κ3) is 5.53. The molecule has 176 valence electrons. The highest BCUT2D eigenvalue weighted by Crippen LogP contribution is 2.36. The Morgan fingerprint density at radius 2 is 1.88 bits per heavy atom. The number of nitrogens with zero attached hydrogens (tertiary/aromatic N) is 3. The van der Waals surface area contributed by atoms with E-state index in [1.807, 2.05) is 42.7 Å². The summed E-state index contributed by atoms with van der Waals surface area (Å²) in [7, 11) is 0. The molecule has 2 aromatic carbocycles. The first-order chi connectivity index (χ1) is 16.3. The van der Waals surface area contributed by atoms with Gasteiger partial charge < -0.3 is 15.0 Å². The number of fused-ring (bicyclic) bond motifs is 1. The molecule has 2 N–H and O–H groups in total. The molecule has 2 heterocycles.